The second kappa shape index (κ2) is 5.53. The van der Waals surface area contributed by atoms with Gasteiger partial charge in [0.1, 0.15) is 23.4 Å². The van der Waals surface area contributed by atoms with E-state index in [0.717, 1.165) is 12.3 Å². The first-order chi connectivity index (χ1) is 9.90. The lowest BCUT2D eigenvalue weighted by atomic mass is 10.2. The largest absolute Gasteiger partial charge is 0.477 e. The Morgan fingerprint density at radius 3 is 2.76 bits per heavy atom. The molecule has 108 valence electrons. The molecule has 0 bridgehead atoms. The lowest BCUT2D eigenvalue weighted by molar-refractivity contribution is -0.385. The molecular formula is C13H10FN3O4. The van der Waals surface area contributed by atoms with Gasteiger partial charge in [-0.3, -0.25) is 10.1 Å². The van der Waals surface area contributed by atoms with Crippen LogP contribution in [0.25, 0.3) is 0 Å². The summed E-state index contributed by atoms with van der Waals surface area (Å²) >= 11 is 0. The molecule has 2 aromatic rings. The van der Waals surface area contributed by atoms with Gasteiger partial charge in [-0.25, -0.2) is 14.2 Å². The van der Waals surface area contributed by atoms with E-state index in [2.05, 4.69) is 10.3 Å². The lowest BCUT2D eigenvalue weighted by Crippen LogP contribution is -2.06. The third kappa shape index (κ3) is 2.94. The van der Waals surface area contributed by atoms with E-state index in [0.29, 0.717) is 5.56 Å². The van der Waals surface area contributed by atoms with Gasteiger partial charge in [-0.1, -0.05) is 12.1 Å². The van der Waals surface area contributed by atoms with Crippen LogP contribution in [0.1, 0.15) is 15.9 Å². The zero-order chi connectivity index (χ0) is 15.6. The number of carbonyl (C=O) groups is 1. The van der Waals surface area contributed by atoms with E-state index in [-0.39, 0.29) is 11.5 Å². The number of nitrogens with one attached hydrogen (secondary N) is 1. The van der Waals surface area contributed by atoms with Gasteiger partial charge in [0.2, 0.25) is 0 Å². The van der Waals surface area contributed by atoms with Gasteiger partial charge < -0.3 is 10.4 Å². The number of aromatic nitrogens is 1. The predicted molar refractivity (Wildman–Crippen MR) is 72.3 cm³/mol. The number of halogens is 1. The first kappa shape index (κ1) is 14.4. The van der Waals surface area contributed by atoms with Crippen molar-refractivity contribution in [1.29, 1.82) is 0 Å². The van der Waals surface area contributed by atoms with Crippen LogP contribution in [0.2, 0.25) is 0 Å². The van der Waals surface area contributed by atoms with Gasteiger partial charge in [0.25, 0.3) is 0 Å². The summed E-state index contributed by atoms with van der Waals surface area (Å²) in [6, 6.07) is 5.42. The van der Waals surface area contributed by atoms with Crippen LogP contribution in [-0.4, -0.2) is 21.0 Å². The minimum atomic E-state index is -1.46. The van der Waals surface area contributed by atoms with Crippen LogP contribution in [0.15, 0.2) is 30.5 Å². The highest BCUT2D eigenvalue weighted by Crippen LogP contribution is 2.25. The first-order valence-electron chi connectivity index (χ1n) is 5.80. The average molecular weight is 291 g/mol. The molecule has 1 aromatic heterocycles. The second-order valence-electron chi connectivity index (χ2n) is 4.21. The summed E-state index contributed by atoms with van der Waals surface area (Å²) < 4.78 is 13.7. The molecule has 0 atom stereocenters. The zero-order valence-electron chi connectivity index (χ0n) is 10.8. The number of aryl methyl sites for hydroxylation is 1. The number of rotatable bonds is 4. The standard InChI is InChI=1S/C13H10FN3O4/c1-7-3-2-4-9(14)12(7)16-11-5-8(13(18)19)10(6-15-11)17(20)21/h2-6H,1H3,(H,15,16)(H,18,19). The maximum Gasteiger partial charge on any atom is 0.342 e. The Balaban J connectivity index is 2.44. The quantitative estimate of drug-likeness (QED) is 0.662. The van der Waals surface area contributed by atoms with Crippen LogP contribution < -0.4 is 5.32 Å². The van der Waals surface area contributed by atoms with Crippen molar-refractivity contribution in [3.8, 4) is 0 Å². The summed E-state index contributed by atoms with van der Waals surface area (Å²) in [7, 11) is 0. The fourth-order valence-electron chi connectivity index (χ4n) is 1.75. The highest BCUT2D eigenvalue weighted by molar-refractivity contribution is 5.93. The summed E-state index contributed by atoms with van der Waals surface area (Å²) in [4.78, 5) is 24.7. The molecule has 21 heavy (non-hydrogen) atoms. The number of carboxylic acids is 1. The number of para-hydroxylation sites is 1. The summed E-state index contributed by atoms with van der Waals surface area (Å²) in [6.45, 7) is 1.66. The number of benzene rings is 1. The molecule has 0 saturated carbocycles. The number of carboxylic acid groups (broad SMARTS) is 1. The molecule has 2 rings (SSSR count). The van der Waals surface area contributed by atoms with Gasteiger partial charge in [-0.05, 0) is 18.6 Å². The average Bonchev–Trinajstić information content (AvgIpc) is 2.42. The molecule has 0 aliphatic heterocycles. The van der Waals surface area contributed by atoms with Crippen molar-refractivity contribution in [2.24, 2.45) is 0 Å². The van der Waals surface area contributed by atoms with E-state index in [9.17, 15) is 19.3 Å². The number of hydrogen-bond donors (Lipinski definition) is 2. The Morgan fingerprint density at radius 1 is 1.48 bits per heavy atom. The van der Waals surface area contributed by atoms with Crippen molar-refractivity contribution in [2.45, 2.75) is 6.92 Å². The second-order valence-corrected chi connectivity index (χ2v) is 4.21. The Hall–Kier alpha value is -3.03. The molecule has 0 unspecified atom stereocenters. The van der Waals surface area contributed by atoms with Gasteiger partial charge in [0, 0.05) is 6.07 Å². The minimum Gasteiger partial charge on any atom is -0.477 e. The molecule has 0 aliphatic carbocycles. The van der Waals surface area contributed by atoms with Gasteiger partial charge in [0.15, 0.2) is 0 Å². The maximum atomic E-state index is 13.7. The van der Waals surface area contributed by atoms with Crippen LogP contribution in [0.4, 0.5) is 21.6 Å². The molecule has 0 fully saturated rings. The topological polar surface area (TPSA) is 105 Å². The third-order valence-corrected chi connectivity index (χ3v) is 2.79. The molecule has 0 amide bonds. The maximum absolute atomic E-state index is 13.7. The van der Waals surface area contributed by atoms with Crippen molar-refractivity contribution in [2.75, 3.05) is 5.32 Å². The van der Waals surface area contributed by atoms with Crippen molar-refractivity contribution < 1.29 is 19.2 Å². The van der Waals surface area contributed by atoms with E-state index in [1.807, 2.05) is 0 Å². The lowest BCUT2D eigenvalue weighted by Gasteiger charge is -2.10. The van der Waals surface area contributed by atoms with E-state index in [1.54, 1.807) is 13.0 Å². The fraction of sp³-hybridized carbons (Fsp3) is 0.0769. The number of aromatic carboxylic acids is 1. The highest BCUT2D eigenvalue weighted by Gasteiger charge is 2.21. The van der Waals surface area contributed by atoms with Crippen molar-refractivity contribution >= 4 is 23.2 Å². The molecule has 1 aromatic carbocycles. The molecule has 2 N–H and O–H groups in total. The Bertz CT molecular complexity index is 713. The predicted octanol–water partition coefficient (Wildman–Crippen LogP) is 2.88. The van der Waals surface area contributed by atoms with Crippen LogP contribution >= 0.6 is 0 Å². The first-order valence-corrected chi connectivity index (χ1v) is 5.80. The number of nitro groups is 1. The monoisotopic (exact) mass is 291 g/mol. The van der Waals surface area contributed by atoms with Gasteiger partial charge >= 0.3 is 11.7 Å². The van der Waals surface area contributed by atoms with Gasteiger partial charge in [-0.15, -0.1) is 0 Å². The molecule has 8 heteroatoms. The minimum absolute atomic E-state index is 0.00574. The normalized spacial score (nSPS) is 10.2. The van der Waals surface area contributed by atoms with Gasteiger partial charge in [-0.2, -0.15) is 0 Å². The molecule has 0 aliphatic rings. The van der Waals surface area contributed by atoms with E-state index >= 15 is 0 Å². The number of pyridine rings is 1. The van der Waals surface area contributed by atoms with Crippen LogP contribution in [0, 0.1) is 22.9 Å². The SMILES string of the molecule is Cc1cccc(F)c1Nc1cc(C(=O)O)c([N+](=O)[O-])cn1. The van der Waals surface area contributed by atoms with E-state index < -0.39 is 28.0 Å². The zero-order valence-corrected chi connectivity index (χ0v) is 10.8. The highest BCUT2D eigenvalue weighted by atomic mass is 19.1. The summed E-state index contributed by atoms with van der Waals surface area (Å²) in [5, 5.41) is 22.3. The smallest absolute Gasteiger partial charge is 0.342 e. The number of anilines is 2. The van der Waals surface area contributed by atoms with Crippen LogP contribution in [0.3, 0.4) is 0 Å². The fourth-order valence-corrected chi connectivity index (χ4v) is 1.75. The van der Waals surface area contributed by atoms with E-state index in [4.69, 9.17) is 5.11 Å². The summed E-state index contributed by atoms with van der Waals surface area (Å²) in [6.07, 6.45) is 0.821. The number of hydrogen-bond acceptors (Lipinski definition) is 5. The molecular weight excluding hydrogens is 281 g/mol. The molecule has 7 nitrogen and oxygen atoms in total. The number of nitrogens with zero attached hydrogens (tertiary/aromatic N) is 2. The molecule has 1 heterocycles. The Labute approximate surface area is 118 Å². The molecule has 0 saturated heterocycles. The van der Waals surface area contributed by atoms with Crippen molar-refractivity contribution in [1.82, 2.24) is 4.98 Å². The molecule has 0 spiro atoms. The van der Waals surface area contributed by atoms with E-state index in [1.165, 1.54) is 12.1 Å². The summed E-state index contributed by atoms with van der Waals surface area (Å²) in [5.74, 6) is -1.99. The molecule has 0 radical (unpaired) electrons. The van der Waals surface area contributed by atoms with Crippen molar-refractivity contribution in [3.05, 3.63) is 57.5 Å². The van der Waals surface area contributed by atoms with Gasteiger partial charge in [0.05, 0.1) is 10.6 Å². The Morgan fingerprint density at radius 2 is 2.19 bits per heavy atom. The Kier molecular flexibility index (Phi) is 3.79. The van der Waals surface area contributed by atoms with Crippen LogP contribution in [0.5, 0.6) is 0 Å². The summed E-state index contributed by atoms with van der Waals surface area (Å²) in [5.41, 5.74) is -0.424. The van der Waals surface area contributed by atoms with Crippen LogP contribution in [-0.2, 0) is 0 Å². The third-order valence-electron chi connectivity index (χ3n) is 2.79. The van der Waals surface area contributed by atoms with Crippen molar-refractivity contribution in [3.63, 3.8) is 0 Å².